The molecule has 1 aliphatic carbocycles. The molecule has 2 atom stereocenters. The average molecular weight is 474 g/mol. The number of carbonyl (C=O) groups excluding carboxylic acids is 1. The highest BCUT2D eigenvalue weighted by molar-refractivity contribution is 5.70. The average Bonchev–Trinajstić information content (AvgIpc) is 3.17. The second kappa shape index (κ2) is 11.3. The summed E-state index contributed by atoms with van der Waals surface area (Å²) in [6.07, 6.45) is 3.23. The zero-order valence-electron chi connectivity index (χ0n) is 20.7. The number of carboxylic acids is 1. The van der Waals surface area contributed by atoms with Crippen molar-refractivity contribution in [2.75, 3.05) is 13.6 Å². The van der Waals surface area contributed by atoms with E-state index in [0.29, 0.717) is 53.8 Å². The van der Waals surface area contributed by atoms with Crippen LogP contribution in [0.1, 0.15) is 57.3 Å². The molecule has 3 rings (SSSR count). The normalized spacial score (nSPS) is 18.1. The predicted molar refractivity (Wildman–Crippen MR) is 125 cm³/mol. The van der Waals surface area contributed by atoms with Crippen molar-refractivity contribution in [3.63, 3.8) is 0 Å². The van der Waals surface area contributed by atoms with E-state index < -0.39 is 12.1 Å². The summed E-state index contributed by atoms with van der Waals surface area (Å²) >= 11 is 0. The molecule has 0 aliphatic heterocycles. The second-order valence-electron chi connectivity index (χ2n) is 9.39. The Morgan fingerprint density at radius 2 is 2.06 bits per heavy atom. The van der Waals surface area contributed by atoms with Crippen molar-refractivity contribution >= 4 is 12.1 Å². The van der Waals surface area contributed by atoms with Crippen molar-refractivity contribution in [2.24, 2.45) is 18.9 Å². The first-order chi connectivity index (χ1) is 16.2. The highest BCUT2D eigenvalue weighted by Crippen LogP contribution is 2.30. The van der Waals surface area contributed by atoms with Crippen molar-refractivity contribution < 1.29 is 24.2 Å². The van der Waals surface area contributed by atoms with E-state index in [4.69, 9.17) is 9.47 Å². The highest BCUT2D eigenvalue weighted by Gasteiger charge is 2.28. The molecule has 10 heteroatoms. The summed E-state index contributed by atoms with van der Waals surface area (Å²) in [5, 5.41) is 17.6. The van der Waals surface area contributed by atoms with Gasteiger partial charge >= 0.3 is 12.1 Å². The van der Waals surface area contributed by atoms with Gasteiger partial charge in [0.15, 0.2) is 0 Å². The fourth-order valence-corrected chi connectivity index (χ4v) is 3.98. The smallest absolute Gasteiger partial charge is 0.409 e. The molecule has 10 nitrogen and oxygen atoms in total. The van der Waals surface area contributed by atoms with E-state index >= 15 is 0 Å². The third kappa shape index (κ3) is 6.45. The summed E-state index contributed by atoms with van der Waals surface area (Å²) in [6, 6.07) is 3.62. The van der Waals surface area contributed by atoms with Crippen LogP contribution in [0, 0.1) is 18.8 Å². The predicted octanol–water partition coefficient (Wildman–Crippen LogP) is 3.82. The van der Waals surface area contributed by atoms with Gasteiger partial charge in [-0.05, 0) is 57.1 Å². The molecular formula is C24H35N5O5. The molecule has 1 N–H and O–H groups in total. The number of carbonyl (C=O) groups is 2. The fourth-order valence-electron chi connectivity index (χ4n) is 3.98. The van der Waals surface area contributed by atoms with Crippen molar-refractivity contribution in [1.82, 2.24) is 24.9 Å². The molecule has 0 bridgehead atoms. The van der Waals surface area contributed by atoms with Gasteiger partial charge in [0.2, 0.25) is 0 Å². The molecule has 34 heavy (non-hydrogen) atoms. The van der Waals surface area contributed by atoms with Crippen LogP contribution in [-0.2, 0) is 23.2 Å². The van der Waals surface area contributed by atoms with E-state index in [0.717, 1.165) is 19.3 Å². The van der Waals surface area contributed by atoms with Crippen LogP contribution in [-0.4, -0.2) is 61.7 Å². The number of hydrogen-bond acceptors (Lipinski definition) is 7. The number of amides is 1. The first-order valence-corrected chi connectivity index (χ1v) is 11.8. The lowest BCUT2D eigenvalue weighted by Crippen LogP contribution is -2.29. The first kappa shape index (κ1) is 25.5. The maximum Gasteiger partial charge on any atom is 0.409 e. The SMILES string of the molecule is Cc1nc(-c2nnn(C)c2COC(=O)N(C)CCC(C)C)ccc1O[C@H]1CCC[C@H](C(=O)O)C1. The molecule has 0 unspecified atom stereocenters. The minimum absolute atomic E-state index is 0.0291. The molecule has 1 fully saturated rings. The second-order valence-corrected chi connectivity index (χ2v) is 9.39. The summed E-state index contributed by atoms with van der Waals surface area (Å²) in [5.74, 6) is 0.00518. The zero-order valence-corrected chi connectivity index (χ0v) is 20.7. The Morgan fingerprint density at radius 1 is 1.29 bits per heavy atom. The molecule has 0 spiro atoms. The van der Waals surface area contributed by atoms with Gasteiger partial charge in [0.05, 0.1) is 23.4 Å². The van der Waals surface area contributed by atoms with Gasteiger partial charge in [0.1, 0.15) is 23.7 Å². The van der Waals surface area contributed by atoms with Gasteiger partial charge in [-0.2, -0.15) is 0 Å². The van der Waals surface area contributed by atoms with Crippen LogP contribution < -0.4 is 4.74 Å². The molecule has 186 valence electrons. The standard InChI is InChI=1S/C24H35N5O5/c1-15(2)11-12-28(4)24(32)33-14-20-22(26-27-29(20)5)19-9-10-21(16(3)25-19)34-18-8-6-7-17(13-18)23(30)31/h9-10,15,17-18H,6-8,11-14H2,1-5H3,(H,30,31)/t17-,18-/m0/s1. The number of aliphatic carboxylic acids is 1. The van der Waals surface area contributed by atoms with Gasteiger partial charge in [-0.15, -0.1) is 5.10 Å². The zero-order chi connectivity index (χ0) is 24.8. The third-order valence-electron chi connectivity index (χ3n) is 6.18. The lowest BCUT2D eigenvalue weighted by atomic mass is 9.87. The maximum absolute atomic E-state index is 12.3. The number of ether oxygens (including phenoxy) is 2. The Kier molecular flexibility index (Phi) is 8.46. The number of carboxylic acid groups (broad SMARTS) is 1. The Balaban J connectivity index is 1.67. The molecule has 1 amide bonds. The number of nitrogens with zero attached hydrogens (tertiary/aromatic N) is 5. The van der Waals surface area contributed by atoms with E-state index in [2.05, 4.69) is 29.1 Å². The minimum atomic E-state index is -0.763. The number of hydrogen-bond donors (Lipinski definition) is 1. The van der Waals surface area contributed by atoms with E-state index in [1.165, 1.54) is 0 Å². The van der Waals surface area contributed by atoms with Crippen molar-refractivity contribution in [3.05, 3.63) is 23.5 Å². The molecule has 0 radical (unpaired) electrons. The fraction of sp³-hybridized carbons (Fsp3) is 0.625. The van der Waals surface area contributed by atoms with Gasteiger partial charge in [0, 0.05) is 20.6 Å². The van der Waals surface area contributed by atoms with Crippen molar-refractivity contribution in [1.29, 1.82) is 0 Å². The minimum Gasteiger partial charge on any atom is -0.489 e. The summed E-state index contributed by atoms with van der Waals surface area (Å²) in [5.41, 5.74) is 2.46. The van der Waals surface area contributed by atoms with Gasteiger partial charge in [0.25, 0.3) is 0 Å². The summed E-state index contributed by atoms with van der Waals surface area (Å²) in [4.78, 5) is 29.9. The number of pyridine rings is 1. The number of rotatable bonds is 9. The monoisotopic (exact) mass is 473 g/mol. The summed E-state index contributed by atoms with van der Waals surface area (Å²) in [6.45, 7) is 6.72. The quantitative estimate of drug-likeness (QED) is 0.584. The Morgan fingerprint density at radius 3 is 2.74 bits per heavy atom. The molecule has 1 aliphatic rings. The highest BCUT2D eigenvalue weighted by atomic mass is 16.6. The molecule has 1 saturated carbocycles. The Labute approximate surface area is 200 Å². The van der Waals surface area contributed by atoms with Gasteiger partial charge < -0.3 is 19.5 Å². The molecule has 2 heterocycles. The maximum atomic E-state index is 12.3. The van der Waals surface area contributed by atoms with E-state index in [1.54, 1.807) is 29.7 Å². The molecule has 2 aromatic rings. The van der Waals surface area contributed by atoms with Crippen LogP contribution in [0.15, 0.2) is 12.1 Å². The number of aromatic nitrogens is 4. The van der Waals surface area contributed by atoms with Crippen molar-refractivity contribution in [3.8, 4) is 17.1 Å². The summed E-state index contributed by atoms with van der Waals surface area (Å²) < 4.78 is 13.2. The van der Waals surface area contributed by atoms with E-state index in [1.807, 2.05) is 13.0 Å². The largest absolute Gasteiger partial charge is 0.489 e. The summed E-state index contributed by atoms with van der Waals surface area (Å²) in [7, 11) is 3.47. The Hall–Kier alpha value is -3.17. The molecular weight excluding hydrogens is 438 g/mol. The van der Waals surface area contributed by atoms with Gasteiger partial charge in [-0.25, -0.2) is 14.5 Å². The van der Waals surface area contributed by atoms with Crippen LogP contribution in [0.25, 0.3) is 11.4 Å². The van der Waals surface area contributed by atoms with E-state index in [-0.39, 0.29) is 18.6 Å². The third-order valence-corrected chi connectivity index (χ3v) is 6.18. The lowest BCUT2D eigenvalue weighted by Gasteiger charge is -2.27. The molecule has 2 aromatic heterocycles. The topological polar surface area (TPSA) is 120 Å². The van der Waals surface area contributed by atoms with Crippen LogP contribution in [0.5, 0.6) is 5.75 Å². The van der Waals surface area contributed by atoms with Gasteiger partial charge in [-0.3, -0.25) is 4.79 Å². The van der Waals surface area contributed by atoms with Gasteiger partial charge in [-0.1, -0.05) is 19.1 Å². The molecule has 0 saturated heterocycles. The van der Waals surface area contributed by atoms with Crippen LogP contribution in [0.4, 0.5) is 4.79 Å². The van der Waals surface area contributed by atoms with E-state index in [9.17, 15) is 14.7 Å². The Bertz CT molecular complexity index is 1010. The van der Waals surface area contributed by atoms with Crippen LogP contribution in [0.2, 0.25) is 0 Å². The van der Waals surface area contributed by atoms with Crippen molar-refractivity contribution in [2.45, 2.75) is 65.6 Å². The lowest BCUT2D eigenvalue weighted by molar-refractivity contribution is -0.143. The molecule has 0 aromatic carbocycles. The van der Waals surface area contributed by atoms with Crippen LogP contribution >= 0.6 is 0 Å². The number of aryl methyl sites for hydroxylation is 2. The first-order valence-electron chi connectivity index (χ1n) is 11.8. The van der Waals surface area contributed by atoms with Crippen LogP contribution in [0.3, 0.4) is 0 Å².